The lowest BCUT2D eigenvalue weighted by molar-refractivity contribution is 0.0938. The van der Waals surface area contributed by atoms with Crippen LogP contribution in [0.2, 0.25) is 0 Å². The summed E-state index contributed by atoms with van der Waals surface area (Å²) in [6, 6.07) is 2.80. The zero-order valence-corrected chi connectivity index (χ0v) is 14.5. The monoisotopic (exact) mass is 340 g/mol. The molecule has 1 atom stereocenters. The van der Waals surface area contributed by atoms with Crippen molar-refractivity contribution in [1.82, 2.24) is 10.0 Å². The van der Waals surface area contributed by atoms with E-state index in [4.69, 9.17) is 8.83 Å². The average molecular weight is 340 g/mol. The Balaban J connectivity index is 2.23. The SMILES string of the molecule is CNS(=O)(=O)c1cc(C(=O)N[C@H](C)c2cc(C)oc2C)c(C)o1. The van der Waals surface area contributed by atoms with E-state index in [1.807, 2.05) is 26.8 Å². The Bertz CT molecular complexity index is 832. The maximum Gasteiger partial charge on any atom is 0.273 e. The third-order valence-corrected chi connectivity index (χ3v) is 4.84. The highest BCUT2D eigenvalue weighted by molar-refractivity contribution is 7.89. The van der Waals surface area contributed by atoms with E-state index in [1.165, 1.54) is 13.1 Å². The topological polar surface area (TPSA) is 102 Å². The molecule has 23 heavy (non-hydrogen) atoms. The van der Waals surface area contributed by atoms with Crippen molar-refractivity contribution in [3.63, 3.8) is 0 Å². The molecule has 2 aromatic heterocycles. The van der Waals surface area contributed by atoms with Gasteiger partial charge in [0.2, 0.25) is 5.09 Å². The Morgan fingerprint density at radius 3 is 2.30 bits per heavy atom. The molecule has 0 saturated carbocycles. The molecule has 0 aromatic carbocycles. The van der Waals surface area contributed by atoms with Gasteiger partial charge in [0.15, 0.2) is 0 Å². The number of aryl methyl sites for hydroxylation is 3. The van der Waals surface area contributed by atoms with E-state index < -0.39 is 15.9 Å². The van der Waals surface area contributed by atoms with Crippen molar-refractivity contribution in [2.45, 2.75) is 38.8 Å². The van der Waals surface area contributed by atoms with Gasteiger partial charge in [0.25, 0.3) is 15.9 Å². The lowest BCUT2D eigenvalue weighted by Gasteiger charge is -2.12. The molecule has 0 fully saturated rings. The number of hydrogen-bond donors (Lipinski definition) is 2. The number of amides is 1. The minimum absolute atomic E-state index is 0.184. The molecule has 2 heterocycles. The molecule has 0 bridgehead atoms. The first kappa shape index (κ1) is 17.3. The molecule has 2 rings (SSSR count). The van der Waals surface area contributed by atoms with E-state index in [-0.39, 0.29) is 22.5 Å². The normalized spacial score (nSPS) is 13.1. The molecule has 1 amide bonds. The van der Waals surface area contributed by atoms with Crippen molar-refractivity contribution in [1.29, 1.82) is 0 Å². The summed E-state index contributed by atoms with van der Waals surface area (Å²) in [4.78, 5) is 12.4. The van der Waals surface area contributed by atoms with Gasteiger partial charge in [-0.15, -0.1) is 0 Å². The Labute approximate surface area is 135 Å². The molecule has 0 aliphatic rings. The summed E-state index contributed by atoms with van der Waals surface area (Å²) in [7, 11) is -2.45. The van der Waals surface area contributed by atoms with Crippen LogP contribution in [0.1, 0.15) is 46.2 Å². The molecule has 2 aromatic rings. The number of sulfonamides is 1. The van der Waals surface area contributed by atoms with Crippen LogP contribution in [0, 0.1) is 20.8 Å². The minimum atomic E-state index is -3.73. The molecule has 0 radical (unpaired) electrons. The first-order valence-electron chi connectivity index (χ1n) is 7.07. The zero-order chi connectivity index (χ0) is 17.4. The maximum absolute atomic E-state index is 12.4. The summed E-state index contributed by atoms with van der Waals surface area (Å²) < 4.78 is 36.2. The van der Waals surface area contributed by atoms with Crippen molar-refractivity contribution in [2.24, 2.45) is 0 Å². The van der Waals surface area contributed by atoms with Crippen molar-refractivity contribution >= 4 is 15.9 Å². The Morgan fingerprint density at radius 1 is 1.13 bits per heavy atom. The predicted molar refractivity (Wildman–Crippen MR) is 83.8 cm³/mol. The number of nitrogens with one attached hydrogen (secondary N) is 2. The number of carbonyl (C=O) groups excluding carboxylic acids is 1. The number of rotatable bonds is 5. The van der Waals surface area contributed by atoms with Crippen molar-refractivity contribution in [2.75, 3.05) is 7.05 Å². The molecular formula is C15H20N2O5S. The van der Waals surface area contributed by atoms with E-state index in [1.54, 1.807) is 6.92 Å². The van der Waals surface area contributed by atoms with Crippen LogP contribution in [-0.2, 0) is 10.0 Å². The fraction of sp³-hybridized carbons (Fsp3) is 0.400. The number of furan rings is 2. The number of carbonyl (C=O) groups is 1. The van der Waals surface area contributed by atoms with Gasteiger partial charge < -0.3 is 14.2 Å². The largest absolute Gasteiger partial charge is 0.466 e. The highest BCUT2D eigenvalue weighted by atomic mass is 32.2. The summed E-state index contributed by atoms with van der Waals surface area (Å²) in [6.45, 7) is 7.03. The van der Waals surface area contributed by atoms with Gasteiger partial charge in [0, 0.05) is 11.6 Å². The standard InChI is InChI=1S/C15H20N2O5S/c1-8-6-12(10(3)21-8)9(2)17-15(18)13-7-14(22-11(13)4)23(19,20)16-5/h6-7,9,16H,1-5H3,(H,17,18)/t9-/m1/s1. The van der Waals surface area contributed by atoms with Gasteiger partial charge in [0.1, 0.15) is 17.3 Å². The lowest BCUT2D eigenvalue weighted by Crippen LogP contribution is -2.27. The second-order valence-electron chi connectivity index (χ2n) is 5.31. The van der Waals surface area contributed by atoms with E-state index in [0.717, 1.165) is 17.1 Å². The summed E-state index contributed by atoms with van der Waals surface area (Å²) in [6.07, 6.45) is 0. The van der Waals surface area contributed by atoms with Gasteiger partial charge in [-0.25, -0.2) is 13.1 Å². The van der Waals surface area contributed by atoms with Crippen LogP contribution >= 0.6 is 0 Å². The van der Waals surface area contributed by atoms with Crippen molar-refractivity contribution in [3.05, 3.63) is 40.5 Å². The van der Waals surface area contributed by atoms with Crippen molar-refractivity contribution < 1.29 is 22.0 Å². The lowest BCUT2D eigenvalue weighted by atomic mass is 10.1. The number of hydrogen-bond acceptors (Lipinski definition) is 5. The Morgan fingerprint density at radius 2 is 1.78 bits per heavy atom. The molecular weight excluding hydrogens is 320 g/mol. The van der Waals surface area contributed by atoms with E-state index >= 15 is 0 Å². The van der Waals surface area contributed by atoms with Gasteiger partial charge in [0.05, 0.1) is 11.6 Å². The van der Waals surface area contributed by atoms with Crippen LogP contribution in [0.15, 0.2) is 26.1 Å². The Kier molecular flexibility index (Phi) is 4.67. The molecule has 126 valence electrons. The highest BCUT2D eigenvalue weighted by Gasteiger charge is 2.24. The predicted octanol–water partition coefficient (Wildman–Crippen LogP) is 2.20. The molecule has 2 N–H and O–H groups in total. The zero-order valence-electron chi connectivity index (χ0n) is 13.7. The Hall–Kier alpha value is -2.06. The van der Waals surface area contributed by atoms with Crippen molar-refractivity contribution in [3.8, 4) is 0 Å². The van der Waals surface area contributed by atoms with Crippen LogP contribution in [0.3, 0.4) is 0 Å². The highest BCUT2D eigenvalue weighted by Crippen LogP contribution is 2.23. The quantitative estimate of drug-likeness (QED) is 0.869. The van der Waals surface area contributed by atoms with Gasteiger partial charge in [-0.1, -0.05) is 0 Å². The van der Waals surface area contributed by atoms with Gasteiger partial charge in [-0.2, -0.15) is 0 Å². The summed E-state index contributed by atoms with van der Waals surface area (Å²) in [5.74, 6) is 1.33. The smallest absolute Gasteiger partial charge is 0.273 e. The molecule has 0 aliphatic carbocycles. The summed E-state index contributed by atoms with van der Waals surface area (Å²) in [5.41, 5.74) is 1.06. The maximum atomic E-state index is 12.4. The van der Waals surface area contributed by atoms with E-state index in [9.17, 15) is 13.2 Å². The fourth-order valence-electron chi connectivity index (χ4n) is 2.35. The minimum Gasteiger partial charge on any atom is -0.466 e. The summed E-state index contributed by atoms with van der Waals surface area (Å²) >= 11 is 0. The first-order chi connectivity index (χ1) is 10.7. The van der Waals surface area contributed by atoms with Gasteiger partial charge in [-0.05, 0) is 40.8 Å². The van der Waals surface area contributed by atoms with Crippen LogP contribution in [0.5, 0.6) is 0 Å². The van der Waals surface area contributed by atoms with Gasteiger partial charge >= 0.3 is 0 Å². The fourth-order valence-corrected chi connectivity index (χ4v) is 3.05. The van der Waals surface area contributed by atoms with Crippen LogP contribution in [0.25, 0.3) is 0 Å². The second kappa shape index (κ2) is 6.21. The third-order valence-electron chi connectivity index (χ3n) is 3.57. The second-order valence-corrected chi connectivity index (χ2v) is 7.12. The average Bonchev–Trinajstić information content (AvgIpc) is 3.01. The van der Waals surface area contributed by atoms with E-state index in [2.05, 4.69) is 10.0 Å². The van der Waals surface area contributed by atoms with Gasteiger partial charge in [-0.3, -0.25) is 4.79 Å². The van der Waals surface area contributed by atoms with Crippen LogP contribution < -0.4 is 10.0 Å². The molecule has 0 unspecified atom stereocenters. The van der Waals surface area contributed by atoms with Crippen LogP contribution in [-0.4, -0.2) is 21.4 Å². The van der Waals surface area contributed by atoms with Crippen LogP contribution in [0.4, 0.5) is 0 Å². The third kappa shape index (κ3) is 3.48. The first-order valence-corrected chi connectivity index (χ1v) is 8.55. The summed E-state index contributed by atoms with van der Waals surface area (Å²) in [5, 5.41) is 2.53. The molecule has 7 nitrogen and oxygen atoms in total. The molecule has 0 saturated heterocycles. The molecule has 0 spiro atoms. The molecule has 0 aliphatic heterocycles. The van der Waals surface area contributed by atoms with E-state index in [0.29, 0.717) is 0 Å². The molecule has 8 heteroatoms.